The number of ether oxygens (including phenoxy) is 2. The molecule has 1 aromatic carbocycles. The predicted octanol–water partition coefficient (Wildman–Crippen LogP) is 2.74. The van der Waals surface area contributed by atoms with Crippen molar-refractivity contribution in [2.75, 3.05) is 27.2 Å². The SMILES string of the molecule is CN.CO[C@@]12C=C[C@@]3(C[C@@H]1C(C)(C)O)[C@H]1Cc4ccc(O)c5c4[C@@]3(CCN1CC1CC1)C2O5. The van der Waals surface area contributed by atoms with Crippen LogP contribution < -0.4 is 10.5 Å². The summed E-state index contributed by atoms with van der Waals surface area (Å²) in [4.78, 5) is 2.75. The smallest absolute Gasteiger partial charge is 0.165 e. The van der Waals surface area contributed by atoms with E-state index in [2.05, 4.69) is 28.9 Å². The summed E-state index contributed by atoms with van der Waals surface area (Å²) in [7, 11) is 3.26. The Morgan fingerprint density at radius 1 is 1.24 bits per heavy atom. The maximum absolute atomic E-state index is 11.3. The van der Waals surface area contributed by atoms with Crippen LogP contribution in [0.15, 0.2) is 24.3 Å². The summed E-state index contributed by atoms with van der Waals surface area (Å²) < 4.78 is 13.1. The highest BCUT2D eigenvalue weighted by atomic mass is 16.6. The molecule has 180 valence electrons. The first-order valence-electron chi connectivity index (χ1n) is 12.6. The standard InChI is InChI=1S/C26H33NO4.CH5N/c1-23(2,29)18-13-24-8-9-26(18,30-3)22-25(24)10-11-27(14-15-4-5-15)19(24)12-16-6-7-17(28)21(31-22)20(16)25;1-2/h6-9,15,18-19,22,28-29H,4-5,10-14H2,1-3H3;2H2,1H3/t18-,19-,22?,24-,25+,26+;/m1./s1. The highest BCUT2D eigenvalue weighted by molar-refractivity contribution is 5.65. The van der Waals surface area contributed by atoms with E-state index in [-0.39, 0.29) is 28.6 Å². The van der Waals surface area contributed by atoms with Crippen LogP contribution in [0.4, 0.5) is 0 Å². The second-order valence-electron chi connectivity index (χ2n) is 11.7. The molecule has 1 saturated heterocycles. The van der Waals surface area contributed by atoms with E-state index >= 15 is 0 Å². The summed E-state index contributed by atoms with van der Waals surface area (Å²) >= 11 is 0. The Kier molecular flexibility index (Phi) is 4.48. The number of aliphatic hydroxyl groups is 1. The largest absolute Gasteiger partial charge is 0.504 e. The van der Waals surface area contributed by atoms with Gasteiger partial charge in [0, 0.05) is 36.6 Å². The van der Waals surface area contributed by atoms with Crippen LogP contribution in [0.25, 0.3) is 0 Å². The molecule has 2 saturated carbocycles. The van der Waals surface area contributed by atoms with Crippen molar-refractivity contribution >= 4 is 0 Å². The quantitative estimate of drug-likeness (QED) is 0.607. The van der Waals surface area contributed by atoms with Gasteiger partial charge in [-0.2, -0.15) is 0 Å². The molecule has 6 nitrogen and oxygen atoms in total. The molecule has 5 aliphatic carbocycles. The molecule has 7 aliphatic rings. The van der Waals surface area contributed by atoms with E-state index in [9.17, 15) is 10.2 Å². The van der Waals surface area contributed by atoms with E-state index in [0.29, 0.717) is 11.8 Å². The van der Waals surface area contributed by atoms with Crippen molar-refractivity contribution in [3.8, 4) is 11.5 Å². The predicted molar refractivity (Wildman–Crippen MR) is 126 cm³/mol. The lowest BCUT2D eigenvalue weighted by Gasteiger charge is -2.72. The molecule has 1 aromatic rings. The van der Waals surface area contributed by atoms with Gasteiger partial charge in [-0.15, -0.1) is 0 Å². The Balaban J connectivity index is 0.00000101. The number of phenolic OH excluding ortho intramolecular Hbond substituents is 1. The molecule has 4 N–H and O–H groups in total. The number of phenols is 1. The average Bonchev–Trinajstić information content (AvgIpc) is 3.54. The van der Waals surface area contributed by atoms with Gasteiger partial charge in [0.2, 0.25) is 0 Å². The van der Waals surface area contributed by atoms with Gasteiger partial charge in [0.1, 0.15) is 11.7 Å². The molecule has 2 aliphatic heterocycles. The molecule has 3 fully saturated rings. The van der Waals surface area contributed by atoms with Crippen molar-refractivity contribution < 1.29 is 19.7 Å². The lowest BCUT2D eigenvalue weighted by atomic mass is 9.36. The summed E-state index contributed by atoms with van der Waals surface area (Å²) in [6.45, 7) is 6.09. The Labute approximate surface area is 196 Å². The zero-order valence-corrected chi connectivity index (χ0v) is 20.3. The lowest BCUT2D eigenvalue weighted by Crippen LogP contribution is -2.80. The molecule has 0 aromatic heterocycles. The van der Waals surface area contributed by atoms with Crippen LogP contribution in [0.5, 0.6) is 11.5 Å². The minimum absolute atomic E-state index is 0.0745. The molecule has 6 atom stereocenters. The number of hydrogen-bond acceptors (Lipinski definition) is 6. The van der Waals surface area contributed by atoms with Crippen LogP contribution >= 0.6 is 0 Å². The van der Waals surface area contributed by atoms with Crippen molar-refractivity contribution in [2.24, 2.45) is 23.0 Å². The van der Waals surface area contributed by atoms with Gasteiger partial charge in [0.25, 0.3) is 0 Å². The van der Waals surface area contributed by atoms with Crippen molar-refractivity contribution in [2.45, 2.75) is 74.7 Å². The fourth-order valence-corrected chi connectivity index (χ4v) is 8.58. The van der Waals surface area contributed by atoms with E-state index in [1.54, 1.807) is 7.11 Å². The molecule has 1 unspecified atom stereocenters. The summed E-state index contributed by atoms with van der Waals surface area (Å²) in [6.07, 6.45) is 10.0. The first-order chi connectivity index (χ1) is 15.8. The third kappa shape index (κ3) is 2.43. The Hall–Kier alpha value is -1.60. The van der Waals surface area contributed by atoms with Crippen LogP contribution in [0.2, 0.25) is 0 Å². The number of piperidine rings is 1. The third-order valence-corrected chi connectivity index (χ3v) is 9.96. The number of methoxy groups -OCH3 is 1. The van der Waals surface area contributed by atoms with Gasteiger partial charge in [-0.05, 0) is 77.1 Å². The van der Waals surface area contributed by atoms with Crippen LogP contribution in [0, 0.1) is 17.3 Å². The van der Waals surface area contributed by atoms with Gasteiger partial charge in [-0.3, -0.25) is 4.90 Å². The summed E-state index contributed by atoms with van der Waals surface area (Å²) in [5.41, 5.74) is 5.15. The summed E-state index contributed by atoms with van der Waals surface area (Å²) in [5.74, 6) is 1.68. The maximum Gasteiger partial charge on any atom is 0.165 e. The fourth-order valence-electron chi connectivity index (χ4n) is 8.58. The number of nitrogens with zero attached hydrogens (tertiary/aromatic N) is 1. The van der Waals surface area contributed by atoms with Crippen molar-refractivity contribution in [1.82, 2.24) is 4.90 Å². The number of fused-ring (bicyclic) bond motifs is 1. The first kappa shape index (κ1) is 21.9. The first-order valence-corrected chi connectivity index (χ1v) is 12.6. The van der Waals surface area contributed by atoms with Crippen molar-refractivity contribution in [3.63, 3.8) is 0 Å². The normalized spacial score (nSPS) is 41.8. The molecule has 33 heavy (non-hydrogen) atoms. The molecule has 0 radical (unpaired) electrons. The van der Waals surface area contributed by atoms with E-state index in [1.807, 2.05) is 19.9 Å². The molecule has 2 spiro atoms. The zero-order valence-electron chi connectivity index (χ0n) is 20.3. The van der Waals surface area contributed by atoms with Gasteiger partial charge in [-0.1, -0.05) is 18.2 Å². The van der Waals surface area contributed by atoms with Crippen molar-refractivity contribution in [1.29, 1.82) is 0 Å². The minimum atomic E-state index is -0.897. The second-order valence-corrected chi connectivity index (χ2v) is 11.7. The van der Waals surface area contributed by atoms with Gasteiger partial charge in [-0.25, -0.2) is 0 Å². The van der Waals surface area contributed by atoms with Gasteiger partial charge >= 0.3 is 0 Å². The Bertz CT molecular complexity index is 1010. The Morgan fingerprint density at radius 2 is 2.00 bits per heavy atom. The molecular weight excluding hydrogens is 416 g/mol. The molecule has 2 heterocycles. The van der Waals surface area contributed by atoms with Crippen LogP contribution in [0.3, 0.4) is 0 Å². The molecule has 0 amide bonds. The number of nitrogens with two attached hydrogens (primary N) is 1. The average molecular weight is 455 g/mol. The Morgan fingerprint density at radius 3 is 2.67 bits per heavy atom. The van der Waals surface area contributed by atoms with Crippen LogP contribution in [-0.4, -0.2) is 65.7 Å². The number of aromatic hydroxyl groups is 1. The zero-order chi connectivity index (χ0) is 23.4. The highest BCUT2D eigenvalue weighted by Crippen LogP contribution is 2.75. The lowest BCUT2D eigenvalue weighted by molar-refractivity contribution is -0.245. The van der Waals surface area contributed by atoms with Crippen LogP contribution in [-0.2, 0) is 16.6 Å². The van der Waals surface area contributed by atoms with E-state index in [0.717, 1.165) is 31.7 Å². The van der Waals surface area contributed by atoms with E-state index in [4.69, 9.17) is 9.47 Å². The van der Waals surface area contributed by atoms with E-state index < -0.39 is 11.2 Å². The van der Waals surface area contributed by atoms with E-state index in [1.165, 1.54) is 37.6 Å². The van der Waals surface area contributed by atoms with Gasteiger partial charge in [0.05, 0.1) is 11.0 Å². The molecule has 4 bridgehead atoms. The number of benzene rings is 1. The highest BCUT2D eigenvalue weighted by Gasteiger charge is 2.80. The number of rotatable bonds is 4. The monoisotopic (exact) mass is 454 g/mol. The third-order valence-electron chi connectivity index (χ3n) is 9.96. The van der Waals surface area contributed by atoms with Gasteiger partial charge < -0.3 is 25.4 Å². The minimum Gasteiger partial charge on any atom is -0.504 e. The molecular formula is C27H38N2O4. The molecule has 6 heteroatoms. The van der Waals surface area contributed by atoms with Crippen molar-refractivity contribution in [3.05, 3.63) is 35.4 Å². The molecule has 8 rings (SSSR count). The fraction of sp³-hybridized carbons (Fsp3) is 0.704. The van der Waals surface area contributed by atoms with Crippen LogP contribution in [0.1, 0.15) is 50.7 Å². The number of hydrogen-bond donors (Lipinski definition) is 3. The topological polar surface area (TPSA) is 88.2 Å². The van der Waals surface area contributed by atoms with Gasteiger partial charge in [0.15, 0.2) is 11.5 Å². The second kappa shape index (κ2) is 6.75. The summed E-state index contributed by atoms with van der Waals surface area (Å²) in [5, 5.41) is 22.1. The summed E-state index contributed by atoms with van der Waals surface area (Å²) in [6, 6.07) is 4.33. The maximum atomic E-state index is 11.3. The number of likely N-dealkylation sites (tertiary alicyclic amines) is 1.